The van der Waals surface area contributed by atoms with E-state index in [-0.39, 0.29) is 29.8 Å². The normalized spacial score (nSPS) is 13.4. The van der Waals surface area contributed by atoms with E-state index >= 15 is 0 Å². The molecule has 2 N–H and O–H groups in total. The molecular formula is C29H36N2O5S. The van der Waals surface area contributed by atoms with E-state index in [1.54, 1.807) is 24.3 Å². The number of aryl methyl sites for hydroxylation is 1. The molecule has 0 heterocycles. The predicted octanol–water partition coefficient (Wildman–Crippen LogP) is 4.05. The Balaban J connectivity index is 1.89. The molecule has 0 aliphatic rings. The van der Waals surface area contributed by atoms with E-state index in [0.29, 0.717) is 17.7 Å². The van der Waals surface area contributed by atoms with Gasteiger partial charge in [-0.3, -0.25) is 4.79 Å². The summed E-state index contributed by atoms with van der Waals surface area (Å²) >= 11 is 0. The second kappa shape index (κ2) is 12.9. The van der Waals surface area contributed by atoms with Crippen LogP contribution in [0.25, 0.3) is 0 Å². The third-order valence-electron chi connectivity index (χ3n) is 6.13. The minimum Gasteiger partial charge on any atom is -0.497 e. The summed E-state index contributed by atoms with van der Waals surface area (Å²) in [4.78, 5) is 13.3. The molecule has 0 aromatic heterocycles. The Hall–Kier alpha value is -3.20. The van der Waals surface area contributed by atoms with Gasteiger partial charge in [0.1, 0.15) is 5.75 Å². The van der Waals surface area contributed by atoms with E-state index in [2.05, 4.69) is 5.32 Å². The average Bonchev–Trinajstić information content (AvgIpc) is 2.88. The SMILES string of the molecule is COc1ccc(S(=O)(=O)N(CC(C)C)CC(O)[C@H](Cc2ccccc2)NC(=O)c2ccccc2C)cc1. The number of nitrogens with one attached hydrogen (secondary N) is 1. The Morgan fingerprint density at radius 2 is 1.57 bits per heavy atom. The molecule has 0 spiro atoms. The molecule has 3 aromatic rings. The van der Waals surface area contributed by atoms with Crippen molar-refractivity contribution in [3.8, 4) is 5.75 Å². The topological polar surface area (TPSA) is 95.9 Å². The number of benzene rings is 3. The molecule has 2 atom stereocenters. The summed E-state index contributed by atoms with van der Waals surface area (Å²) in [6, 6.07) is 22.2. The van der Waals surface area contributed by atoms with Gasteiger partial charge in [-0.25, -0.2) is 8.42 Å². The molecule has 7 nitrogen and oxygen atoms in total. The van der Waals surface area contributed by atoms with Crippen molar-refractivity contribution in [1.29, 1.82) is 0 Å². The van der Waals surface area contributed by atoms with Crippen molar-refractivity contribution < 1.29 is 23.1 Å². The molecule has 0 aliphatic carbocycles. The zero-order valence-corrected chi connectivity index (χ0v) is 22.6. The van der Waals surface area contributed by atoms with Gasteiger partial charge in [-0.2, -0.15) is 4.31 Å². The van der Waals surface area contributed by atoms with Crippen molar-refractivity contribution in [3.05, 3.63) is 95.6 Å². The fraction of sp³-hybridized carbons (Fsp3) is 0.345. The number of aliphatic hydroxyl groups excluding tert-OH is 1. The standard InChI is InChI=1S/C29H36N2O5S/c1-21(2)19-31(37(34,35)25-16-14-24(36-4)15-17-25)20-28(32)27(18-23-11-6-5-7-12-23)30-29(33)26-13-9-8-10-22(26)3/h5-17,21,27-28,32H,18-20H2,1-4H3,(H,30,33)/t27-,28?/m0/s1. The lowest BCUT2D eigenvalue weighted by molar-refractivity contribution is 0.0775. The molecule has 0 saturated carbocycles. The van der Waals surface area contributed by atoms with Gasteiger partial charge in [0.25, 0.3) is 5.91 Å². The van der Waals surface area contributed by atoms with Gasteiger partial charge in [-0.1, -0.05) is 62.4 Å². The van der Waals surface area contributed by atoms with Crippen molar-refractivity contribution in [3.63, 3.8) is 0 Å². The number of methoxy groups -OCH3 is 1. The minimum absolute atomic E-state index is 0.0226. The largest absolute Gasteiger partial charge is 0.497 e. The summed E-state index contributed by atoms with van der Waals surface area (Å²) in [6.45, 7) is 5.74. The molecule has 0 aliphatic heterocycles. The first-order valence-corrected chi connectivity index (χ1v) is 13.8. The van der Waals surface area contributed by atoms with Gasteiger partial charge in [0.2, 0.25) is 10.0 Å². The molecule has 3 aromatic carbocycles. The molecular weight excluding hydrogens is 488 g/mol. The summed E-state index contributed by atoms with van der Waals surface area (Å²) in [5.41, 5.74) is 2.25. The molecule has 0 radical (unpaired) electrons. The van der Waals surface area contributed by atoms with Crippen LogP contribution in [-0.2, 0) is 16.4 Å². The number of amides is 1. The Labute approximate surface area is 220 Å². The van der Waals surface area contributed by atoms with Crippen LogP contribution in [0.5, 0.6) is 5.75 Å². The van der Waals surface area contributed by atoms with Crippen molar-refractivity contribution >= 4 is 15.9 Å². The van der Waals surface area contributed by atoms with Gasteiger partial charge in [-0.05, 0) is 60.7 Å². The number of carbonyl (C=O) groups is 1. The maximum Gasteiger partial charge on any atom is 0.251 e. The third-order valence-corrected chi connectivity index (χ3v) is 7.97. The van der Waals surface area contributed by atoms with Crippen LogP contribution in [0.15, 0.2) is 83.8 Å². The zero-order chi connectivity index (χ0) is 27.0. The van der Waals surface area contributed by atoms with Crippen molar-refractivity contribution in [2.24, 2.45) is 5.92 Å². The maximum absolute atomic E-state index is 13.6. The van der Waals surface area contributed by atoms with E-state index in [1.165, 1.54) is 23.5 Å². The number of ether oxygens (including phenoxy) is 1. The molecule has 0 bridgehead atoms. The van der Waals surface area contributed by atoms with Crippen LogP contribution < -0.4 is 10.1 Å². The summed E-state index contributed by atoms with van der Waals surface area (Å²) in [5.74, 6) is 0.261. The first-order valence-electron chi connectivity index (χ1n) is 12.3. The first-order chi connectivity index (χ1) is 17.6. The second-order valence-corrected chi connectivity index (χ2v) is 11.5. The highest BCUT2D eigenvalue weighted by molar-refractivity contribution is 7.89. The van der Waals surface area contributed by atoms with Gasteiger partial charge in [0.15, 0.2) is 0 Å². The van der Waals surface area contributed by atoms with E-state index in [4.69, 9.17) is 4.74 Å². The summed E-state index contributed by atoms with van der Waals surface area (Å²) < 4.78 is 33.6. The van der Waals surface area contributed by atoms with E-state index in [0.717, 1.165) is 11.1 Å². The minimum atomic E-state index is -3.90. The molecule has 0 saturated heterocycles. The van der Waals surface area contributed by atoms with Crippen molar-refractivity contribution in [2.75, 3.05) is 20.2 Å². The molecule has 1 amide bonds. The molecule has 1 unspecified atom stereocenters. The molecule has 0 fully saturated rings. The Morgan fingerprint density at radius 3 is 2.16 bits per heavy atom. The number of hydrogen-bond donors (Lipinski definition) is 2. The van der Waals surface area contributed by atoms with Gasteiger partial charge in [0, 0.05) is 18.7 Å². The lowest BCUT2D eigenvalue weighted by atomic mass is 9.99. The third kappa shape index (κ3) is 7.64. The number of nitrogens with zero attached hydrogens (tertiary/aromatic N) is 1. The van der Waals surface area contributed by atoms with E-state index in [9.17, 15) is 18.3 Å². The Kier molecular flexibility index (Phi) is 9.86. The van der Waals surface area contributed by atoms with E-state index in [1.807, 2.05) is 63.2 Å². The first kappa shape index (κ1) is 28.4. The van der Waals surface area contributed by atoms with Gasteiger partial charge >= 0.3 is 0 Å². The summed E-state index contributed by atoms with van der Waals surface area (Å²) in [6.07, 6.45) is -0.808. The Bertz CT molecular complexity index is 1260. The van der Waals surface area contributed by atoms with Crippen LogP contribution in [0.4, 0.5) is 0 Å². The average molecular weight is 525 g/mol. The molecule has 8 heteroatoms. The molecule has 198 valence electrons. The highest BCUT2D eigenvalue weighted by Gasteiger charge is 2.31. The quantitative estimate of drug-likeness (QED) is 0.373. The van der Waals surface area contributed by atoms with Gasteiger partial charge in [0.05, 0.1) is 24.2 Å². The zero-order valence-electron chi connectivity index (χ0n) is 21.8. The monoisotopic (exact) mass is 524 g/mol. The highest BCUT2D eigenvalue weighted by Crippen LogP contribution is 2.22. The number of sulfonamides is 1. The molecule has 37 heavy (non-hydrogen) atoms. The van der Waals surface area contributed by atoms with Crippen molar-refractivity contribution in [2.45, 2.75) is 44.2 Å². The predicted molar refractivity (Wildman–Crippen MR) is 145 cm³/mol. The smallest absolute Gasteiger partial charge is 0.251 e. The van der Waals surface area contributed by atoms with Crippen LogP contribution >= 0.6 is 0 Å². The van der Waals surface area contributed by atoms with Crippen LogP contribution in [0, 0.1) is 12.8 Å². The second-order valence-electron chi connectivity index (χ2n) is 9.54. The fourth-order valence-electron chi connectivity index (χ4n) is 4.14. The number of hydrogen-bond acceptors (Lipinski definition) is 5. The van der Waals surface area contributed by atoms with Crippen molar-refractivity contribution in [1.82, 2.24) is 9.62 Å². The lowest BCUT2D eigenvalue weighted by Crippen LogP contribution is -2.51. The maximum atomic E-state index is 13.6. The molecule has 3 rings (SSSR count). The summed E-state index contributed by atoms with van der Waals surface area (Å²) in [7, 11) is -2.39. The number of aliphatic hydroxyl groups is 1. The van der Waals surface area contributed by atoms with Crippen LogP contribution in [0.3, 0.4) is 0 Å². The van der Waals surface area contributed by atoms with Gasteiger partial charge in [-0.15, -0.1) is 0 Å². The van der Waals surface area contributed by atoms with E-state index < -0.39 is 22.2 Å². The van der Waals surface area contributed by atoms with Crippen LogP contribution in [0.1, 0.15) is 35.3 Å². The Morgan fingerprint density at radius 1 is 0.946 bits per heavy atom. The number of rotatable bonds is 12. The van der Waals surface area contributed by atoms with Crippen LogP contribution in [0.2, 0.25) is 0 Å². The fourth-order valence-corrected chi connectivity index (χ4v) is 5.76. The van der Waals surface area contributed by atoms with Crippen LogP contribution in [-0.4, -0.2) is 56.1 Å². The highest BCUT2D eigenvalue weighted by atomic mass is 32.2. The lowest BCUT2D eigenvalue weighted by Gasteiger charge is -2.31. The number of carbonyl (C=O) groups excluding carboxylic acids is 1. The van der Waals surface area contributed by atoms with Gasteiger partial charge < -0.3 is 15.2 Å². The summed E-state index contributed by atoms with van der Waals surface area (Å²) in [5, 5.41) is 14.3.